The van der Waals surface area contributed by atoms with Gasteiger partial charge in [0.25, 0.3) is 5.56 Å². The van der Waals surface area contributed by atoms with E-state index in [1.165, 1.54) is 55.3 Å². The predicted molar refractivity (Wildman–Crippen MR) is 87.7 cm³/mol. The van der Waals surface area contributed by atoms with Crippen LogP contribution in [-0.4, -0.2) is 14.4 Å². The molecule has 6 heteroatoms. The first kappa shape index (κ1) is 17.0. The molecule has 2 rings (SSSR count). The molecule has 0 saturated carbocycles. The largest absolute Gasteiger partial charge is 0.268 e. The van der Waals surface area contributed by atoms with Gasteiger partial charge in [0, 0.05) is 29.6 Å². The van der Waals surface area contributed by atoms with Crippen molar-refractivity contribution in [2.45, 2.75) is 52.0 Å². The fourth-order valence-corrected chi connectivity index (χ4v) is 2.92. The van der Waals surface area contributed by atoms with Crippen LogP contribution in [0, 0.1) is 0 Å². The van der Waals surface area contributed by atoms with Crippen LogP contribution in [0.3, 0.4) is 0 Å². The van der Waals surface area contributed by atoms with Crippen LogP contribution in [0.25, 0.3) is 0 Å². The van der Waals surface area contributed by atoms with Crippen molar-refractivity contribution in [2.24, 2.45) is 4.40 Å². The topological polar surface area (TPSA) is 51.4 Å². The molecule has 1 aromatic rings. The summed E-state index contributed by atoms with van der Waals surface area (Å²) in [5.74, 6) is 0. The Labute approximate surface area is 127 Å². The summed E-state index contributed by atoms with van der Waals surface area (Å²) in [7, 11) is -1.03. The third kappa shape index (κ3) is 7.55. The Balaban J connectivity index is 0.000000276. The Bertz CT molecular complexity index is 489. The van der Waals surface area contributed by atoms with Crippen LogP contribution in [-0.2, 0) is 17.5 Å². The molecular formula is C14H22N2O2S2. The SMILES string of the molecule is CCCCCCCCn1sccc1=O.O=S1C=CC=N1. The highest BCUT2D eigenvalue weighted by molar-refractivity contribution is 7.87. The van der Waals surface area contributed by atoms with Gasteiger partial charge in [-0.05, 0) is 12.5 Å². The Kier molecular flexibility index (Phi) is 9.15. The van der Waals surface area contributed by atoms with Gasteiger partial charge < -0.3 is 0 Å². The molecule has 0 fully saturated rings. The van der Waals surface area contributed by atoms with Gasteiger partial charge in [-0.25, -0.2) is 4.21 Å². The van der Waals surface area contributed by atoms with E-state index in [4.69, 9.17) is 0 Å². The van der Waals surface area contributed by atoms with Crippen LogP contribution in [0.1, 0.15) is 45.4 Å². The van der Waals surface area contributed by atoms with Crippen molar-refractivity contribution < 1.29 is 4.21 Å². The highest BCUT2D eigenvalue weighted by Gasteiger charge is 1.96. The maximum Gasteiger partial charge on any atom is 0.260 e. The fourth-order valence-electron chi connectivity index (χ4n) is 1.73. The number of hydrogen-bond acceptors (Lipinski definition) is 3. The molecule has 1 aromatic heterocycles. The van der Waals surface area contributed by atoms with E-state index in [9.17, 15) is 9.00 Å². The third-order valence-corrected chi connectivity index (χ3v) is 4.40. The van der Waals surface area contributed by atoms with Gasteiger partial charge in [0.05, 0.1) is 0 Å². The van der Waals surface area contributed by atoms with Crippen molar-refractivity contribution in [3.8, 4) is 0 Å². The summed E-state index contributed by atoms with van der Waals surface area (Å²) in [5.41, 5.74) is 0.156. The van der Waals surface area contributed by atoms with Crippen molar-refractivity contribution in [3.63, 3.8) is 0 Å². The average Bonchev–Trinajstić information content (AvgIpc) is 3.06. The molecule has 112 valence electrons. The second-order valence-electron chi connectivity index (χ2n) is 4.48. The van der Waals surface area contributed by atoms with Gasteiger partial charge in [-0.3, -0.25) is 8.75 Å². The van der Waals surface area contributed by atoms with E-state index in [2.05, 4.69) is 11.3 Å². The summed E-state index contributed by atoms with van der Waals surface area (Å²) in [4.78, 5) is 11.2. The lowest BCUT2D eigenvalue weighted by molar-refractivity contribution is 0.569. The number of nitrogens with zero attached hydrogens (tertiary/aromatic N) is 2. The Morgan fingerprint density at radius 1 is 1.25 bits per heavy atom. The minimum absolute atomic E-state index is 0.156. The monoisotopic (exact) mass is 314 g/mol. The summed E-state index contributed by atoms with van der Waals surface area (Å²) in [6.07, 6.45) is 10.9. The third-order valence-electron chi connectivity index (χ3n) is 2.81. The fraction of sp³-hybridized carbons (Fsp3) is 0.571. The molecule has 0 N–H and O–H groups in total. The quantitative estimate of drug-likeness (QED) is 0.723. The molecule has 2 heterocycles. The highest BCUT2D eigenvalue weighted by atomic mass is 32.2. The summed E-state index contributed by atoms with van der Waals surface area (Å²) in [6.45, 7) is 3.13. The molecule has 1 unspecified atom stereocenters. The number of aromatic nitrogens is 1. The molecule has 1 atom stereocenters. The van der Waals surface area contributed by atoms with Crippen LogP contribution in [0.15, 0.2) is 32.1 Å². The minimum Gasteiger partial charge on any atom is -0.268 e. The molecule has 1 aliphatic rings. The zero-order chi connectivity index (χ0) is 14.6. The molecule has 0 bridgehead atoms. The van der Waals surface area contributed by atoms with Crippen molar-refractivity contribution in [2.75, 3.05) is 0 Å². The zero-order valence-corrected chi connectivity index (χ0v) is 13.5. The van der Waals surface area contributed by atoms with Crippen molar-refractivity contribution in [1.82, 2.24) is 3.96 Å². The lowest BCUT2D eigenvalue weighted by atomic mass is 10.1. The van der Waals surface area contributed by atoms with Gasteiger partial charge in [-0.15, -0.1) is 0 Å². The highest BCUT2D eigenvalue weighted by Crippen LogP contribution is 2.06. The van der Waals surface area contributed by atoms with Gasteiger partial charge in [0.1, 0.15) is 0 Å². The minimum atomic E-state index is -1.03. The van der Waals surface area contributed by atoms with Crippen LogP contribution >= 0.6 is 11.5 Å². The van der Waals surface area contributed by atoms with Gasteiger partial charge in [0.15, 0.2) is 11.0 Å². The molecule has 0 amide bonds. The maximum atomic E-state index is 11.2. The Morgan fingerprint density at radius 3 is 2.50 bits per heavy atom. The molecule has 4 nitrogen and oxygen atoms in total. The normalized spacial score (nSPS) is 16.1. The molecule has 20 heavy (non-hydrogen) atoms. The summed E-state index contributed by atoms with van der Waals surface area (Å²) >= 11 is 1.52. The van der Waals surface area contributed by atoms with Gasteiger partial charge >= 0.3 is 0 Å². The van der Waals surface area contributed by atoms with E-state index in [1.54, 1.807) is 12.1 Å². The lowest BCUT2D eigenvalue weighted by Gasteiger charge is -2.00. The number of aryl methyl sites for hydroxylation is 1. The molecular weight excluding hydrogens is 292 g/mol. The average molecular weight is 314 g/mol. The smallest absolute Gasteiger partial charge is 0.260 e. The lowest BCUT2D eigenvalue weighted by Crippen LogP contribution is -2.11. The molecule has 0 aliphatic carbocycles. The van der Waals surface area contributed by atoms with Crippen molar-refractivity contribution >= 4 is 28.7 Å². The van der Waals surface area contributed by atoms with Crippen molar-refractivity contribution in [1.29, 1.82) is 0 Å². The second kappa shape index (κ2) is 10.7. The molecule has 1 aliphatic heterocycles. The van der Waals surface area contributed by atoms with Crippen LogP contribution < -0.4 is 5.56 Å². The summed E-state index contributed by atoms with van der Waals surface area (Å²) in [6, 6.07) is 1.64. The zero-order valence-electron chi connectivity index (χ0n) is 11.9. The van der Waals surface area contributed by atoms with E-state index in [1.807, 2.05) is 9.34 Å². The van der Waals surface area contributed by atoms with E-state index in [0.717, 1.165) is 13.0 Å². The Morgan fingerprint density at radius 2 is 2.00 bits per heavy atom. The maximum absolute atomic E-state index is 11.2. The van der Waals surface area contributed by atoms with E-state index < -0.39 is 11.0 Å². The molecule has 0 radical (unpaired) electrons. The first-order valence-corrected chi connectivity index (χ1v) is 9.01. The number of allylic oxidation sites excluding steroid dienone is 1. The van der Waals surface area contributed by atoms with Crippen LogP contribution in [0.2, 0.25) is 0 Å². The van der Waals surface area contributed by atoms with Gasteiger partial charge in [0.2, 0.25) is 0 Å². The molecule has 0 saturated heterocycles. The summed E-state index contributed by atoms with van der Waals surface area (Å²) < 4.78 is 15.4. The van der Waals surface area contributed by atoms with Gasteiger partial charge in [-0.2, -0.15) is 4.40 Å². The number of rotatable bonds is 7. The predicted octanol–water partition coefficient (Wildman–Crippen LogP) is 3.52. The van der Waals surface area contributed by atoms with E-state index >= 15 is 0 Å². The molecule has 0 spiro atoms. The van der Waals surface area contributed by atoms with Crippen LogP contribution in [0.5, 0.6) is 0 Å². The number of unbranched alkanes of at least 4 members (excludes halogenated alkanes) is 5. The van der Waals surface area contributed by atoms with Crippen LogP contribution in [0.4, 0.5) is 0 Å². The van der Waals surface area contributed by atoms with Crippen molar-refractivity contribution in [3.05, 3.63) is 33.3 Å². The first-order chi connectivity index (χ1) is 9.74. The standard InChI is InChI=1S/C11H19NOS.C3H3NOS/c1-2-3-4-5-6-7-9-12-11(13)8-10-14-12;5-6-3-1-2-4-6/h8,10H,2-7,9H2,1H3;1-3H. The van der Waals surface area contributed by atoms with Gasteiger partial charge in [-0.1, -0.05) is 50.6 Å². The van der Waals surface area contributed by atoms with E-state index in [0.29, 0.717) is 0 Å². The molecule has 0 aromatic carbocycles. The number of hydrogen-bond donors (Lipinski definition) is 0. The van der Waals surface area contributed by atoms with E-state index in [-0.39, 0.29) is 5.56 Å². The first-order valence-electron chi connectivity index (χ1n) is 7.00. The summed E-state index contributed by atoms with van der Waals surface area (Å²) in [5, 5.41) is 3.39. The Hall–Kier alpha value is -1.01. The second-order valence-corrected chi connectivity index (χ2v) is 6.43.